The fourth-order valence-corrected chi connectivity index (χ4v) is 2.01. The zero-order valence-corrected chi connectivity index (χ0v) is 8.45. The van der Waals surface area contributed by atoms with E-state index in [1.807, 2.05) is 19.0 Å². The molecule has 0 aliphatic heterocycles. The lowest BCUT2D eigenvalue weighted by Crippen LogP contribution is -2.36. The first-order valence-corrected chi connectivity index (χ1v) is 4.95. The van der Waals surface area contributed by atoms with Gasteiger partial charge in [0.2, 0.25) is 0 Å². The Bertz CT molecular complexity index is 128. The van der Waals surface area contributed by atoms with Gasteiger partial charge in [-0.2, -0.15) is 0 Å². The Labute approximate surface area is 75.6 Å². The standard InChI is InChI=1S/C10H21NO/c1-8-4-6-9(7-5-8)10(12)11(2)3/h8-10,12H,4-7H2,1-3H3. The van der Waals surface area contributed by atoms with E-state index in [1.165, 1.54) is 25.7 Å². The average Bonchev–Trinajstić information content (AvgIpc) is 2.04. The van der Waals surface area contributed by atoms with Crippen molar-refractivity contribution in [1.82, 2.24) is 4.90 Å². The third-order valence-electron chi connectivity index (χ3n) is 3.01. The fourth-order valence-electron chi connectivity index (χ4n) is 2.01. The van der Waals surface area contributed by atoms with Crippen molar-refractivity contribution in [2.45, 2.75) is 38.8 Å². The Morgan fingerprint density at radius 2 is 1.67 bits per heavy atom. The summed E-state index contributed by atoms with van der Waals surface area (Å²) < 4.78 is 0. The third-order valence-corrected chi connectivity index (χ3v) is 3.01. The van der Waals surface area contributed by atoms with E-state index in [-0.39, 0.29) is 6.23 Å². The predicted octanol–water partition coefficient (Wildman–Crippen LogP) is 1.69. The topological polar surface area (TPSA) is 23.5 Å². The minimum atomic E-state index is -0.225. The molecule has 0 aromatic rings. The first-order valence-electron chi connectivity index (χ1n) is 4.95. The van der Waals surface area contributed by atoms with Gasteiger partial charge in [0.05, 0.1) is 0 Å². The molecular formula is C10H21NO. The molecule has 0 amide bonds. The lowest BCUT2D eigenvalue weighted by molar-refractivity contribution is -0.0267. The van der Waals surface area contributed by atoms with Crippen LogP contribution in [0.5, 0.6) is 0 Å². The van der Waals surface area contributed by atoms with Gasteiger partial charge in [0.15, 0.2) is 0 Å². The van der Waals surface area contributed by atoms with Gasteiger partial charge in [-0.25, -0.2) is 0 Å². The molecule has 0 spiro atoms. The monoisotopic (exact) mass is 171 g/mol. The molecule has 2 heteroatoms. The summed E-state index contributed by atoms with van der Waals surface area (Å²) in [7, 11) is 3.89. The minimum absolute atomic E-state index is 0.225. The van der Waals surface area contributed by atoms with Crippen LogP contribution in [-0.2, 0) is 0 Å². The lowest BCUT2D eigenvalue weighted by Gasteiger charge is -2.32. The number of rotatable bonds is 2. The van der Waals surface area contributed by atoms with E-state index in [2.05, 4.69) is 6.92 Å². The van der Waals surface area contributed by atoms with Gasteiger partial charge < -0.3 is 5.11 Å². The zero-order valence-electron chi connectivity index (χ0n) is 8.45. The summed E-state index contributed by atoms with van der Waals surface area (Å²) in [5, 5.41) is 9.76. The van der Waals surface area contributed by atoms with Crippen LogP contribution in [0.1, 0.15) is 32.6 Å². The van der Waals surface area contributed by atoms with Crippen molar-refractivity contribution < 1.29 is 5.11 Å². The highest BCUT2D eigenvalue weighted by atomic mass is 16.3. The van der Waals surface area contributed by atoms with Crippen molar-refractivity contribution in [3.63, 3.8) is 0 Å². The Hall–Kier alpha value is -0.0800. The van der Waals surface area contributed by atoms with Gasteiger partial charge in [0.1, 0.15) is 6.23 Å². The van der Waals surface area contributed by atoms with E-state index in [1.54, 1.807) is 0 Å². The van der Waals surface area contributed by atoms with Crippen LogP contribution in [0.2, 0.25) is 0 Å². The van der Waals surface area contributed by atoms with E-state index < -0.39 is 0 Å². The summed E-state index contributed by atoms with van der Waals surface area (Å²) in [5.74, 6) is 1.38. The van der Waals surface area contributed by atoms with E-state index in [9.17, 15) is 5.11 Å². The first-order chi connectivity index (χ1) is 5.61. The average molecular weight is 171 g/mol. The SMILES string of the molecule is CC1CCC(C(O)N(C)C)CC1. The van der Waals surface area contributed by atoms with Gasteiger partial charge in [-0.15, -0.1) is 0 Å². The van der Waals surface area contributed by atoms with Crippen LogP contribution in [0.25, 0.3) is 0 Å². The quantitative estimate of drug-likeness (QED) is 0.639. The van der Waals surface area contributed by atoms with E-state index in [0.717, 1.165) is 5.92 Å². The van der Waals surface area contributed by atoms with Crippen LogP contribution >= 0.6 is 0 Å². The van der Waals surface area contributed by atoms with Crippen molar-refractivity contribution in [2.24, 2.45) is 11.8 Å². The molecular weight excluding hydrogens is 150 g/mol. The second kappa shape index (κ2) is 4.24. The second-order valence-corrected chi connectivity index (χ2v) is 4.40. The number of nitrogens with zero attached hydrogens (tertiary/aromatic N) is 1. The van der Waals surface area contributed by atoms with Gasteiger partial charge >= 0.3 is 0 Å². The highest BCUT2D eigenvalue weighted by Crippen LogP contribution is 2.30. The Morgan fingerprint density at radius 1 is 1.17 bits per heavy atom. The molecule has 0 heterocycles. The van der Waals surface area contributed by atoms with Crippen LogP contribution < -0.4 is 0 Å². The minimum Gasteiger partial charge on any atom is -0.378 e. The molecule has 0 bridgehead atoms. The lowest BCUT2D eigenvalue weighted by atomic mass is 9.82. The fraction of sp³-hybridized carbons (Fsp3) is 1.00. The van der Waals surface area contributed by atoms with Crippen LogP contribution in [-0.4, -0.2) is 30.3 Å². The molecule has 1 atom stereocenters. The molecule has 0 aromatic carbocycles. The third kappa shape index (κ3) is 2.46. The van der Waals surface area contributed by atoms with Crippen LogP contribution in [0.15, 0.2) is 0 Å². The molecule has 0 saturated heterocycles. The largest absolute Gasteiger partial charge is 0.378 e. The van der Waals surface area contributed by atoms with E-state index >= 15 is 0 Å². The maximum atomic E-state index is 9.76. The number of hydrogen-bond acceptors (Lipinski definition) is 2. The second-order valence-electron chi connectivity index (χ2n) is 4.40. The summed E-state index contributed by atoms with van der Waals surface area (Å²) in [6.45, 7) is 2.30. The molecule has 1 fully saturated rings. The van der Waals surface area contributed by atoms with Crippen LogP contribution in [0.4, 0.5) is 0 Å². The molecule has 1 rings (SSSR count). The maximum absolute atomic E-state index is 9.76. The molecule has 1 saturated carbocycles. The number of aliphatic hydroxyl groups is 1. The van der Waals surface area contributed by atoms with Crippen molar-refractivity contribution in [1.29, 1.82) is 0 Å². The van der Waals surface area contributed by atoms with E-state index in [0.29, 0.717) is 5.92 Å². The van der Waals surface area contributed by atoms with Crippen molar-refractivity contribution >= 4 is 0 Å². The molecule has 0 radical (unpaired) electrons. The molecule has 12 heavy (non-hydrogen) atoms. The highest BCUT2D eigenvalue weighted by Gasteiger charge is 2.25. The molecule has 1 aliphatic rings. The normalized spacial score (nSPS) is 33.8. The van der Waals surface area contributed by atoms with Gasteiger partial charge in [0.25, 0.3) is 0 Å². The highest BCUT2D eigenvalue weighted by molar-refractivity contribution is 4.74. The van der Waals surface area contributed by atoms with Crippen molar-refractivity contribution in [2.75, 3.05) is 14.1 Å². The Balaban J connectivity index is 2.34. The van der Waals surface area contributed by atoms with Gasteiger partial charge in [0, 0.05) is 0 Å². The predicted molar refractivity (Wildman–Crippen MR) is 50.8 cm³/mol. The number of hydrogen-bond donors (Lipinski definition) is 1. The van der Waals surface area contributed by atoms with Crippen molar-refractivity contribution in [3.05, 3.63) is 0 Å². The molecule has 1 N–H and O–H groups in total. The zero-order chi connectivity index (χ0) is 9.14. The summed E-state index contributed by atoms with van der Waals surface area (Å²) in [5.41, 5.74) is 0. The molecule has 1 aliphatic carbocycles. The van der Waals surface area contributed by atoms with Gasteiger partial charge in [-0.3, -0.25) is 4.90 Å². The molecule has 0 aromatic heterocycles. The smallest absolute Gasteiger partial charge is 0.109 e. The Kier molecular flexibility index (Phi) is 3.53. The number of aliphatic hydroxyl groups excluding tert-OH is 1. The Morgan fingerprint density at radius 3 is 2.08 bits per heavy atom. The van der Waals surface area contributed by atoms with Gasteiger partial charge in [-0.05, 0) is 38.8 Å². The van der Waals surface area contributed by atoms with Crippen LogP contribution in [0.3, 0.4) is 0 Å². The summed E-state index contributed by atoms with van der Waals surface area (Å²) in [6.07, 6.45) is 4.74. The van der Waals surface area contributed by atoms with Crippen molar-refractivity contribution in [3.8, 4) is 0 Å². The van der Waals surface area contributed by atoms with E-state index in [4.69, 9.17) is 0 Å². The summed E-state index contributed by atoms with van der Waals surface area (Å²) in [6, 6.07) is 0. The summed E-state index contributed by atoms with van der Waals surface area (Å²) in [4.78, 5) is 1.92. The van der Waals surface area contributed by atoms with Gasteiger partial charge in [-0.1, -0.05) is 19.8 Å². The van der Waals surface area contributed by atoms with Crippen LogP contribution in [0, 0.1) is 11.8 Å². The molecule has 72 valence electrons. The molecule has 1 unspecified atom stereocenters. The maximum Gasteiger partial charge on any atom is 0.109 e. The first kappa shape index (κ1) is 10.0. The molecule has 2 nitrogen and oxygen atoms in total. The summed E-state index contributed by atoms with van der Waals surface area (Å²) >= 11 is 0.